The van der Waals surface area contributed by atoms with Gasteiger partial charge >= 0.3 is 0 Å². The third-order valence-electron chi connectivity index (χ3n) is 6.06. The number of amides is 1. The lowest BCUT2D eigenvalue weighted by Gasteiger charge is -2.35. The molecule has 0 N–H and O–H groups in total. The van der Waals surface area contributed by atoms with Crippen LogP contribution < -0.4 is 14.4 Å². The van der Waals surface area contributed by atoms with Gasteiger partial charge in [0.05, 0.1) is 19.2 Å². The highest BCUT2D eigenvalue weighted by atomic mass is 16.5. The number of benzene rings is 2. The molecule has 1 saturated heterocycles. The number of ether oxygens (including phenoxy) is 2. The van der Waals surface area contributed by atoms with Gasteiger partial charge in [-0.15, -0.1) is 0 Å². The molecule has 6 heteroatoms. The first kappa shape index (κ1) is 22.6. The minimum Gasteiger partial charge on any atom is -0.493 e. The number of carbonyl (C=O) groups excluding carboxylic acids is 1. The Morgan fingerprint density at radius 1 is 1.03 bits per heavy atom. The van der Waals surface area contributed by atoms with Crippen LogP contribution in [0.5, 0.6) is 11.5 Å². The number of fused-ring (bicyclic) bond motifs is 1. The second-order valence-corrected chi connectivity index (χ2v) is 8.26. The lowest BCUT2D eigenvalue weighted by molar-refractivity contribution is -0.126. The molecule has 1 aliphatic heterocycles. The fourth-order valence-electron chi connectivity index (χ4n) is 4.20. The SMILES string of the molecule is CCOc1ccc(/C=C/C(=O)N2CCN(c3cc(C)c4cccc(C)c4n3)CC2)cc1OC. The van der Waals surface area contributed by atoms with E-state index < -0.39 is 0 Å². The number of aryl methyl sites for hydroxylation is 2. The summed E-state index contributed by atoms with van der Waals surface area (Å²) in [6, 6.07) is 14.1. The molecular formula is C27H31N3O3. The van der Waals surface area contributed by atoms with Gasteiger partial charge in [0.15, 0.2) is 11.5 Å². The first-order valence-corrected chi connectivity index (χ1v) is 11.4. The molecule has 1 aromatic heterocycles. The Morgan fingerprint density at radius 3 is 2.55 bits per heavy atom. The average Bonchev–Trinajstić information content (AvgIpc) is 2.84. The molecule has 6 nitrogen and oxygen atoms in total. The van der Waals surface area contributed by atoms with Gasteiger partial charge in [-0.05, 0) is 61.7 Å². The Hall–Kier alpha value is -3.54. The van der Waals surface area contributed by atoms with Crippen molar-refractivity contribution >= 4 is 28.7 Å². The number of rotatable bonds is 6. The van der Waals surface area contributed by atoms with Crippen LogP contribution in [0.25, 0.3) is 17.0 Å². The van der Waals surface area contributed by atoms with E-state index in [0.29, 0.717) is 31.2 Å². The van der Waals surface area contributed by atoms with Crippen LogP contribution in [0, 0.1) is 13.8 Å². The summed E-state index contributed by atoms with van der Waals surface area (Å²) in [5, 5.41) is 1.20. The molecule has 0 radical (unpaired) electrons. The molecule has 0 saturated carbocycles. The smallest absolute Gasteiger partial charge is 0.246 e. The van der Waals surface area contributed by atoms with E-state index in [9.17, 15) is 4.79 Å². The van der Waals surface area contributed by atoms with E-state index in [0.717, 1.165) is 30.0 Å². The molecule has 2 aromatic carbocycles. The number of piperazine rings is 1. The van der Waals surface area contributed by atoms with Gasteiger partial charge in [-0.2, -0.15) is 0 Å². The Bertz CT molecular complexity index is 1180. The van der Waals surface area contributed by atoms with Crippen molar-refractivity contribution < 1.29 is 14.3 Å². The molecule has 0 atom stereocenters. The summed E-state index contributed by atoms with van der Waals surface area (Å²) >= 11 is 0. The number of hydrogen-bond donors (Lipinski definition) is 0. The zero-order chi connectivity index (χ0) is 23.4. The van der Waals surface area contributed by atoms with Gasteiger partial charge in [0, 0.05) is 37.6 Å². The van der Waals surface area contributed by atoms with Gasteiger partial charge < -0.3 is 19.3 Å². The van der Waals surface area contributed by atoms with Crippen molar-refractivity contribution in [3.63, 3.8) is 0 Å². The summed E-state index contributed by atoms with van der Waals surface area (Å²) in [7, 11) is 1.61. The lowest BCUT2D eigenvalue weighted by atomic mass is 10.1. The molecule has 33 heavy (non-hydrogen) atoms. The van der Waals surface area contributed by atoms with Crippen LogP contribution in [0.3, 0.4) is 0 Å². The molecule has 1 amide bonds. The van der Waals surface area contributed by atoms with Gasteiger partial charge in [0.1, 0.15) is 5.82 Å². The summed E-state index contributed by atoms with van der Waals surface area (Å²) < 4.78 is 10.9. The third-order valence-corrected chi connectivity index (χ3v) is 6.06. The summed E-state index contributed by atoms with van der Waals surface area (Å²) in [6.45, 7) is 9.61. The van der Waals surface area contributed by atoms with Crippen LogP contribution >= 0.6 is 0 Å². The normalized spacial score (nSPS) is 14.2. The Morgan fingerprint density at radius 2 is 1.82 bits per heavy atom. The first-order valence-electron chi connectivity index (χ1n) is 11.4. The quantitative estimate of drug-likeness (QED) is 0.518. The molecule has 0 unspecified atom stereocenters. The predicted molar refractivity (Wildman–Crippen MR) is 133 cm³/mol. The molecule has 4 rings (SSSR count). The molecule has 0 spiro atoms. The fourth-order valence-corrected chi connectivity index (χ4v) is 4.20. The van der Waals surface area contributed by atoms with Gasteiger partial charge in [0.25, 0.3) is 0 Å². The van der Waals surface area contributed by atoms with E-state index in [1.54, 1.807) is 13.2 Å². The Labute approximate surface area is 195 Å². The van der Waals surface area contributed by atoms with Crippen molar-refractivity contribution in [2.45, 2.75) is 20.8 Å². The second-order valence-electron chi connectivity index (χ2n) is 8.26. The van der Waals surface area contributed by atoms with E-state index in [4.69, 9.17) is 14.5 Å². The molecule has 1 fully saturated rings. The van der Waals surface area contributed by atoms with Crippen molar-refractivity contribution in [1.82, 2.24) is 9.88 Å². The van der Waals surface area contributed by atoms with Crippen molar-refractivity contribution in [2.75, 3.05) is 44.8 Å². The Kier molecular flexibility index (Phi) is 6.82. The van der Waals surface area contributed by atoms with E-state index in [1.807, 2.05) is 36.1 Å². The number of aromatic nitrogens is 1. The van der Waals surface area contributed by atoms with Crippen LogP contribution in [0.15, 0.2) is 48.5 Å². The molecule has 0 aliphatic carbocycles. The molecule has 2 heterocycles. The number of pyridine rings is 1. The number of nitrogens with zero attached hydrogens (tertiary/aromatic N) is 3. The van der Waals surface area contributed by atoms with Gasteiger partial charge in [-0.25, -0.2) is 4.98 Å². The molecule has 0 bridgehead atoms. The topological polar surface area (TPSA) is 54.9 Å². The monoisotopic (exact) mass is 445 g/mol. The minimum atomic E-state index is 0.0148. The van der Waals surface area contributed by atoms with E-state index >= 15 is 0 Å². The summed E-state index contributed by atoms with van der Waals surface area (Å²) in [5.41, 5.74) is 4.36. The van der Waals surface area contributed by atoms with Crippen molar-refractivity contribution in [2.24, 2.45) is 0 Å². The van der Waals surface area contributed by atoms with Crippen LogP contribution in [0.2, 0.25) is 0 Å². The maximum Gasteiger partial charge on any atom is 0.246 e. The van der Waals surface area contributed by atoms with Crippen molar-refractivity contribution in [1.29, 1.82) is 0 Å². The van der Waals surface area contributed by atoms with Crippen LogP contribution in [-0.4, -0.2) is 55.7 Å². The molecule has 3 aromatic rings. The summed E-state index contributed by atoms with van der Waals surface area (Å²) in [4.78, 5) is 21.8. The maximum atomic E-state index is 12.8. The molecule has 1 aliphatic rings. The zero-order valence-corrected chi connectivity index (χ0v) is 19.8. The Balaban J connectivity index is 1.40. The summed E-state index contributed by atoms with van der Waals surface area (Å²) in [5.74, 6) is 2.36. The number of para-hydroxylation sites is 1. The second kappa shape index (κ2) is 9.94. The predicted octanol–water partition coefficient (Wildman–Crippen LogP) is 4.62. The van der Waals surface area contributed by atoms with Crippen LogP contribution in [0.4, 0.5) is 5.82 Å². The van der Waals surface area contributed by atoms with E-state index in [2.05, 4.69) is 43.0 Å². The third kappa shape index (κ3) is 4.95. The standard InChI is InChI=1S/C27H31N3O3/c1-5-33-23-11-9-21(18-24(23)32-4)10-12-26(31)30-15-13-29(14-16-30)25-17-20(3)22-8-6-7-19(2)27(22)28-25/h6-12,17-18H,5,13-16H2,1-4H3/b12-10+. The highest BCUT2D eigenvalue weighted by Crippen LogP contribution is 2.29. The molecule has 172 valence electrons. The zero-order valence-electron chi connectivity index (χ0n) is 19.8. The van der Waals surface area contributed by atoms with E-state index in [-0.39, 0.29) is 5.91 Å². The minimum absolute atomic E-state index is 0.0148. The lowest BCUT2D eigenvalue weighted by Crippen LogP contribution is -2.48. The number of carbonyl (C=O) groups is 1. The molecular weight excluding hydrogens is 414 g/mol. The van der Waals surface area contributed by atoms with Gasteiger partial charge in [-0.3, -0.25) is 4.79 Å². The van der Waals surface area contributed by atoms with Gasteiger partial charge in [-0.1, -0.05) is 24.3 Å². The van der Waals surface area contributed by atoms with Gasteiger partial charge in [0.2, 0.25) is 5.91 Å². The van der Waals surface area contributed by atoms with Crippen LogP contribution in [0.1, 0.15) is 23.6 Å². The summed E-state index contributed by atoms with van der Waals surface area (Å²) in [6.07, 6.45) is 3.45. The number of anilines is 1. The fraction of sp³-hybridized carbons (Fsp3) is 0.333. The maximum absolute atomic E-state index is 12.8. The highest BCUT2D eigenvalue weighted by Gasteiger charge is 2.21. The first-order chi connectivity index (χ1) is 16.0. The number of hydrogen-bond acceptors (Lipinski definition) is 5. The average molecular weight is 446 g/mol. The van der Waals surface area contributed by atoms with Crippen LogP contribution in [-0.2, 0) is 4.79 Å². The highest BCUT2D eigenvalue weighted by molar-refractivity contribution is 5.92. The van der Waals surface area contributed by atoms with Crippen molar-refractivity contribution in [3.8, 4) is 11.5 Å². The number of methoxy groups -OCH3 is 1. The van der Waals surface area contributed by atoms with E-state index in [1.165, 1.54) is 16.5 Å². The largest absolute Gasteiger partial charge is 0.493 e. The van der Waals surface area contributed by atoms with Crippen molar-refractivity contribution in [3.05, 3.63) is 65.2 Å².